The van der Waals surface area contributed by atoms with E-state index in [1.54, 1.807) is 6.07 Å². The molecule has 0 aliphatic heterocycles. The van der Waals surface area contributed by atoms with Crippen LogP contribution in [0.3, 0.4) is 0 Å². The Hall–Kier alpha value is -0.600. The van der Waals surface area contributed by atoms with Crippen molar-refractivity contribution in [2.75, 3.05) is 0 Å². The van der Waals surface area contributed by atoms with Gasteiger partial charge in [0.05, 0.1) is 5.02 Å². The van der Waals surface area contributed by atoms with Crippen LogP contribution in [0.1, 0.15) is 64.5 Å². The highest BCUT2D eigenvalue weighted by atomic mass is 35.5. The standard InChI is InChI=1S/C18H26ClFO/c1-5-7-13(8-6-2)18(21)15-12(11-17(18,3)4)9-10-14(19)16(15)20/h9-10,13,21H,5-8,11H2,1-4H3. The van der Waals surface area contributed by atoms with Gasteiger partial charge in [0.1, 0.15) is 11.4 Å². The van der Waals surface area contributed by atoms with Crippen LogP contribution >= 0.6 is 11.6 Å². The number of fused-ring (bicyclic) bond motifs is 1. The van der Waals surface area contributed by atoms with Crippen molar-refractivity contribution in [3.63, 3.8) is 0 Å². The normalized spacial score (nSPS) is 23.6. The molecule has 1 atom stereocenters. The van der Waals surface area contributed by atoms with Crippen LogP contribution in [0.2, 0.25) is 5.02 Å². The molecule has 1 aromatic rings. The molecule has 3 heteroatoms. The fourth-order valence-corrected chi connectivity index (χ4v) is 4.27. The summed E-state index contributed by atoms with van der Waals surface area (Å²) >= 11 is 5.99. The van der Waals surface area contributed by atoms with Gasteiger partial charge in [0.2, 0.25) is 0 Å². The number of rotatable bonds is 5. The summed E-state index contributed by atoms with van der Waals surface area (Å²) in [5.74, 6) is -0.365. The molecule has 0 saturated heterocycles. The largest absolute Gasteiger partial charge is 0.384 e. The van der Waals surface area contributed by atoms with Gasteiger partial charge in [-0.2, -0.15) is 0 Å². The summed E-state index contributed by atoms with van der Waals surface area (Å²) in [5.41, 5.74) is -0.160. The Morgan fingerprint density at radius 2 is 1.81 bits per heavy atom. The van der Waals surface area contributed by atoms with Crippen LogP contribution in [-0.4, -0.2) is 5.11 Å². The molecule has 1 unspecified atom stereocenters. The summed E-state index contributed by atoms with van der Waals surface area (Å²) < 4.78 is 14.7. The fraction of sp³-hybridized carbons (Fsp3) is 0.667. The number of hydrogen-bond acceptors (Lipinski definition) is 1. The SMILES string of the molecule is CCCC(CCC)C1(O)c2c(ccc(Cl)c2F)CC1(C)C. The van der Waals surface area contributed by atoms with E-state index < -0.39 is 11.4 Å². The van der Waals surface area contributed by atoms with Crippen LogP contribution in [-0.2, 0) is 12.0 Å². The molecule has 0 amide bonds. The van der Waals surface area contributed by atoms with Gasteiger partial charge in [-0.1, -0.05) is 58.2 Å². The fourth-order valence-electron chi connectivity index (χ4n) is 4.12. The highest BCUT2D eigenvalue weighted by molar-refractivity contribution is 6.30. The molecule has 1 nitrogen and oxygen atoms in total. The second kappa shape index (κ2) is 5.89. The first-order valence-corrected chi connectivity index (χ1v) is 8.37. The summed E-state index contributed by atoms with van der Waals surface area (Å²) in [5, 5.41) is 11.7. The van der Waals surface area contributed by atoms with E-state index in [2.05, 4.69) is 13.8 Å². The first-order chi connectivity index (χ1) is 9.79. The number of aliphatic hydroxyl groups is 1. The maximum Gasteiger partial charge on any atom is 0.148 e. The second-order valence-electron chi connectivity index (χ2n) is 7.00. The van der Waals surface area contributed by atoms with Crippen molar-refractivity contribution in [2.24, 2.45) is 11.3 Å². The second-order valence-corrected chi connectivity index (χ2v) is 7.40. The lowest BCUT2D eigenvalue weighted by Gasteiger charge is -2.44. The number of hydrogen-bond donors (Lipinski definition) is 1. The molecule has 0 aromatic heterocycles. The average molecular weight is 313 g/mol. The zero-order chi connectivity index (χ0) is 15.8. The Labute approximate surface area is 132 Å². The summed E-state index contributed by atoms with van der Waals surface area (Å²) in [6.07, 6.45) is 4.47. The third kappa shape index (κ3) is 2.51. The van der Waals surface area contributed by atoms with Crippen LogP contribution < -0.4 is 0 Å². The molecule has 1 aliphatic rings. The Morgan fingerprint density at radius 1 is 1.24 bits per heavy atom. The Kier molecular flexibility index (Phi) is 4.70. The maximum atomic E-state index is 14.7. The quantitative estimate of drug-likeness (QED) is 0.765. The molecule has 0 saturated carbocycles. The van der Waals surface area contributed by atoms with E-state index >= 15 is 0 Å². The topological polar surface area (TPSA) is 20.2 Å². The van der Waals surface area contributed by atoms with Crippen LogP contribution in [0.5, 0.6) is 0 Å². The van der Waals surface area contributed by atoms with Crippen molar-refractivity contribution in [1.82, 2.24) is 0 Å². The molecular weight excluding hydrogens is 287 g/mol. The van der Waals surface area contributed by atoms with Gasteiger partial charge in [-0.15, -0.1) is 0 Å². The first kappa shape index (κ1) is 16.8. The highest BCUT2D eigenvalue weighted by Gasteiger charge is 2.56. The molecule has 0 heterocycles. The Balaban J connectivity index is 2.62. The van der Waals surface area contributed by atoms with E-state index in [0.717, 1.165) is 31.2 Å². The van der Waals surface area contributed by atoms with E-state index in [1.165, 1.54) is 0 Å². The van der Waals surface area contributed by atoms with E-state index in [-0.39, 0.29) is 16.4 Å². The zero-order valence-electron chi connectivity index (χ0n) is 13.5. The molecule has 0 bridgehead atoms. The van der Waals surface area contributed by atoms with Gasteiger partial charge in [-0.25, -0.2) is 4.39 Å². The molecule has 1 N–H and O–H groups in total. The van der Waals surface area contributed by atoms with Crippen molar-refractivity contribution in [3.05, 3.63) is 34.1 Å². The summed E-state index contributed by atoms with van der Waals surface area (Å²) in [4.78, 5) is 0. The molecule has 2 rings (SSSR count). The van der Waals surface area contributed by atoms with Gasteiger partial charge in [0.15, 0.2) is 0 Å². The summed E-state index contributed by atoms with van der Waals surface area (Å²) in [7, 11) is 0. The van der Waals surface area contributed by atoms with Gasteiger partial charge in [0.25, 0.3) is 0 Å². The zero-order valence-corrected chi connectivity index (χ0v) is 14.2. The van der Waals surface area contributed by atoms with Crippen molar-refractivity contribution in [3.8, 4) is 0 Å². The summed E-state index contributed by atoms with van der Waals surface area (Å²) in [6, 6.07) is 3.47. The van der Waals surface area contributed by atoms with Crippen molar-refractivity contribution >= 4 is 11.6 Å². The lowest BCUT2D eigenvalue weighted by Crippen LogP contribution is -2.45. The maximum absolute atomic E-state index is 14.7. The minimum absolute atomic E-state index is 0.0664. The molecule has 118 valence electrons. The third-order valence-corrected chi connectivity index (χ3v) is 5.38. The predicted molar refractivity (Wildman–Crippen MR) is 86.1 cm³/mol. The van der Waals surface area contributed by atoms with E-state index in [9.17, 15) is 9.50 Å². The minimum atomic E-state index is -1.14. The number of halogens is 2. The predicted octanol–water partition coefficient (Wildman–Crippen LogP) is 5.47. The molecule has 0 fully saturated rings. The summed E-state index contributed by atoms with van der Waals surface area (Å²) in [6.45, 7) is 8.31. The Bertz CT molecular complexity index is 520. The Morgan fingerprint density at radius 3 is 2.33 bits per heavy atom. The van der Waals surface area contributed by atoms with Gasteiger partial charge in [0, 0.05) is 11.0 Å². The molecule has 1 aromatic carbocycles. The van der Waals surface area contributed by atoms with Gasteiger partial charge in [-0.05, 0) is 36.8 Å². The highest BCUT2D eigenvalue weighted by Crippen LogP contribution is 2.57. The molecule has 0 radical (unpaired) electrons. The van der Waals surface area contributed by atoms with Gasteiger partial charge >= 0.3 is 0 Å². The van der Waals surface area contributed by atoms with Crippen molar-refractivity contribution in [2.45, 2.75) is 65.4 Å². The van der Waals surface area contributed by atoms with E-state index in [4.69, 9.17) is 11.6 Å². The van der Waals surface area contributed by atoms with Gasteiger partial charge in [-0.3, -0.25) is 0 Å². The lowest BCUT2D eigenvalue weighted by molar-refractivity contribution is -0.115. The smallest absolute Gasteiger partial charge is 0.148 e. The number of benzene rings is 1. The third-order valence-electron chi connectivity index (χ3n) is 5.09. The van der Waals surface area contributed by atoms with E-state index in [1.807, 2.05) is 19.9 Å². The van der Waals surface area contributed by atoms with Gasteiger partial charge < -0.3 is 5.11 Å². The van der Waals surface area contributed by atoms with Crippen LogP contribution in [0, 0.1) is 17.2 Å². The van der Waals surface area contributed by atoms with Crippen LogP contribution in [0.4, 0.5) is 4.39 Å². The van der Waals surface area contributed by atoms with Crippen molar-refractivity contribution < 1.29 is 9.50 Å². The van der Waals surface area contributed by atoms with E-state index in [0.29, 0.717) is 12.0 Å². The van der Waals surface area contributed by atoms with Crippen molar-refractivity contribution in [1.29, 1.82) is 0 Å². The first-order valence-electron chi connectivity index (χ1n) is 7.99. The molecule has 1 aliphatic carbocycles. The molecular formula is C18H26ClFO. The van der Waals surface area contributed by atoms with Crippen LogP contribution in [0.25, 0.3) is 0 Å². The monoisotopic (exact) mass is 312 g/mol. The lowest BCUT2D eigenvalue weighted by atomic mass is 9.65. The molecule has 0 spiro atoms. The average Bonchev–Trinajstić information content (AvgIpc) is 2.62. The molecule has 21 heavy (non-hydrogen) atoms. The van der Waals surface area contributed by atoms with Crippen LogP contribution in [0.15, 0.2) is 12.1 Å². The minimum Gasteiger partial charge on any atom is -0.384 e.